The van der Waals surface area contributed by atoms with Crippen LogP contribution in [0.2, 0.25) is 0 Å². The number of carbonyl (C=O) groups excluding carboxylic acids is 1. The van der Waals surface area contributed by atoms with Gasteiger partial charge in [0.15, 0.2) is 0 Å². The monoisotopic (exact) mass is 342 g/mol. The highest BCUT2D eigenvalue weighted by atomic mass is 79.9. The Balaban J connectivity index is 2.10. The van der Waals surface area contributed by atoms with Crippen molar-refractivity contribution in [3.63, 3.8) is 0 Å². The van der Waals surface area contributed by atoms with Crippen LogP contribution in [0.15, 0.2) is 21.7 Å². The van der Waals surface area contributed by atoms with Gasteiger partial charge < -0.3 is 14.6 Å². The van der Waals surface area contributed by atoms with E-state index in [2.05, 4.69) is 28.2 Å². The first kappa shape index (κ1) is 15.3. The Morgan fingerprint density at radius 1 is 1.55 bits per heavy atom. The number of halogens is 1. The SMILES string of the molecule is CC[C@H]1C[C@H](C(=O)Nc2cn(C)cc(Br)c2=O)CCO1. The Labute approximate surface area is 126 Å². The second-order valence-corrected chi connectivity index (χ2v) is 5.98. The molecule has 2 atom stereocenters. The van der Waals surface area contributed by atoms with E-state index in [1.807, 2.05) is 0 Å². The minimum absolute atomic E-state index is 0.0858. The minimum Gasteiger partial charge on any atom is -0.378 e. The number of carbonyl (C=O) groups is 1. The molecule has 0 spiro atoms. The minimum atomic E-state index is -0.199. The fourth-order valence-electron chi connectivity index (χ4n) is 2.39. The number of rotatable bonds is 3. The Morgan fingerprint density at radius 2 is 2.30 bits per heavy atom. The maximum atomic E-state index is 12.3. The summed E-state index contributed by atoms with van der Waals surface area (Å²) in [5.41, 5.74) is 0.113. The van der Waals surface area contributed by atoms with Crippen LogP contribution in [0.1, 0.15) is 26.2 Å². The molecule has 0 unspecified atom stereocenters. The molecule has 0 aliphatic carbocycles. The van der Waals surface area contributed by atoms with Gasteiger partial charge in [-0.1, -0.05) is 6.92 Å². The van der Waals surface area contributed by atoms with Crippen LogP contribution in [-0.2, 0) is 16.6 Å². The summed E-state index contributed by atoms with van der Waals surface area (Å²) in [6.45, 7) is 2.65. The van der Waals surface area contributed by atoms with Crippen molar-refractivity contribution in [1.29, 1.82) is 0 Å². The summed E-state index contributed by atoms with van der Waals surface area (Å²) in [5.74, 6) is -0.181. The number of ether oxygens (including phenoxy) is 1. The largest absolute Gasteiger partial charge is 0.378 e. The van der Waals surface area contributed by atoms with Crippen LogP contribution in [-0.4, -0.2) is 23.2 Å². The number of amides is 1. The summed E-state index contributed by atoms with van der Waals surface area (Å²) < 4.78 is 7.74. The molecule has 0 saturated carbocycles. The number of anilines is 1. The van der Waals surface area contributed by atoms with Crippen molar-refractivity contribution >= 4 is 27.5 Å². The van der Waals surface area contributed by atoms with Crippen molar-refractivity contribution in [2.75, 3.05) is 11.9 Å². The first-order valence-corrected chi connectivity index (χ1v) is 7.58. The first-order valence-electron chi connectivity index (χ1n) is 6.79. The maximum absolute atomic E-state index is 12.3. The van der Waals surface area contributed by atoms with Gasteiger partial charge in [0.2, 0.25) is 11.3 Å². The predicted molar refractivity (Wildman–Crippen MR) is 80.8 cm³/mol. The molecule has 1 fully saturated rings. The van der Waals surface area contributed by atoms with Crippen molar-refractivity contribution in [2.45, 2.75) is 32.3 Å². The van der Waals surface area contributed by atoms with E-state index in [1.54, 1.807) is 24.0 Å². The predicted octanol–water partition coefficient (Wildman–Crippen LogP) is 2.29. The number of aromatic nitrogens is 1. The van der Waals surface area contributed by atoms with E-state index in [-0.39, 0.29) is 23.4 Å². The van der Waals surface area contributed by atoms with E-state index >= 15 is 0 Å². The van der Waals surface area contributed by atoms with E-state index in [0.717, 1.165) is 12.8 Å². The Hall–Kier alpha value is -1.14. The van der Waals surface area contributed by atoms with Crippen molar-refractivity contribution in [1.82, 2.24) is 4.57 Å². The highest BCUT2D eigenvalue weighted by Crippen LogP contribution is 2.23. The maximum Gasteiger partial charge on any atom is 0.227 e. The van der Waals surface area contributed by atoms with Gasteiger partial charge in [0.25, 0.3) is 0 Å². The molecule has 1 amide bonds. The second-order valence-electron chi connectivity index (χ2n) is 5.13. The third-order valence-electron chi connectivity index (χ3n) is 3.56. The lowest BCUT2D eigenvalue weighted by Crippen LogP contribution is -2.34. The fraction of sp³-hybridized carbons (Fsp3) is 0.571. The van der Waals surface area contributed by atoms with Crippen LogP contribution in [0, 0.1) is 5.92 Å². The zero-order valence-corrected chi connectivity index (χ0v) is 13.3. The molecule has 1 aromatic heterocycles. The molecule has 1 saturated heterocycles. The van der Waals surface area contributed by atoms with Crippen molar-refractivity contribution in [3.8, 4) is 0 Å². The van der Waals surface area contributed by atoms with Crippen LogP contribution < -0.4 is 10.7 Å². The molecular weight excluding hydrogens is 324 g/mol. The molecule has 2 heterocycles. The quantitative estimate of drug-likeness (QED) is 0.916. The molecule has 0 radical (unpaired) electrons. The molecule has 110 valence electrons. The van der Waals surface area contributed by atoms with E-state index in [1.165, 1.54) is 0 Å². The molecule has 0 bridgehead atoms. The third kappa shape index (κ3) is 3.49. The van der Waals surface area contributed by atoms with Crippen LogP contribution in [0.3, 0.4) is 0 Å². The number of hydrogen-bond acceptors (Lipinski definition) is 3. The van der Waals surface area contributed by atoms with Crippen molar-refractivity contribution < 1.29 is 9.53 Å². The van der Waals surface area contributed by atoms with Gasteiger partial charge in [-0.15, -0.1) is 0 Å². The molecule has 2 rings (SSSR count). The Kier molecular flexibility index (Phi) is 4.99. The van der Waals surface area contributed by atoms with Gasteiger partial charge in [-0.05, 0) is 35.2 Å². The highest BCUT2D eigenvalue weighted by Gasteiger charge is 2.27. The molecule has 5 nitrogen and oxygen atoms in total. The van der Waals surface area contributed by atoms with Gasteiger partial charge in [0.05, 0.1) is 10.6 Å². The van der Waals surface area contributed by atoms with Crippen LogP contribution in [0.4, 0.5) is 5.69 Å². The average Bonchev–Trinajstić information content (AvgIpc) is 2.44. The van der Waals surface area contributed by atoms with Gasteiger partial charge in [-0.3, -0.25) is 9.59 Å². The van der Waals surface area contributed by atoms with E-state index in [0.29, 0.717) is 23.2 Å². The van der Waals surface area contributed by atoms with Gasteiger partial charge >= 0.3 is 0 Å². The Morgan fingerprint density at radius 3 is 3.00 bits per heavy atom. The van der Waals surface area contributed by atoms with Crippen LogP contribution >= 0.6 is 15.9 Å². The van der Waals surface area contributed by atoms with Crippen molar-refractivity contribution in [3.05, 3.63) is 27.1 Å². The third-order valence-corrected chi connectivity index (χ3v) is 4.13. The van der Waals surface area contributed by atoms with E-state index in [4.69, 9.17) is 4.74 Å². The van der Waals surface area contributed by atoms with E-state index in [9.17, 15) is 9.59 Å². The number of hydrogen-bond donors (Lipinski definition) is 1. The standard InChI is InChI=1S/C14H19BrN2O3/c1-3-10-6-9(4-5-20-10)14(19)16-12-8-17(2)7-11(15)13(12)18/h7-10H,3-6H2,1-2H3,(H,16,19)/t9-,10+/m1/s1. The number of aryl methyl sites for hydroxylation is 1. The van der Waals surface area contributed by atoms with Gasteiger partial charge in [0, 0.05) is 32.0 Å². The topological polar surface area (TPSA) is 60.3 Å². The van der Waals surface area contributed by atoms with Gasteiger partial charge in [-0.2, -0.15) is 0 Å². The molecule has 1 aromatic rings. The molecule has 0 aromatic carbocycles. The molecule has 1 aliphatic heterocycles. The highest BCUT2D eigenvalue weighted by molar-refractivity contribution is 9.10. The van der Waals surface area contributed by atoms with Crippen LogP contribution in [0.25, 0.3) is 0 Å². The normalized spacial score (nSPS) is 22.6. The smallest absolute Gasteiger partial charge is 0.227 e. The molecule has 20 heavy (non-hydrogen) atoms. The Bertz CT molecular complexity index is 556. The summed E-state index contributed by atoms with van der Waals surface area (Å²) in [4.78, 5) is 24.2. The first-order chi connectivity index (χ1) is 9.51. The molecular formula is C14H19BrN2O3. The van der Waals surface area contributed by atoms with Gasteiger partial charge in [0.1, 0.15) is 5.69 Å². The lowest BCUT2D eigenvalue weighted by Gasteiger charge is -2.28. The summed E-state index contributed by atoms with van der Waals surface area (Å²) in [5, 5.41) is 2.75. The summed E-state index contributed by atoms with van der Waals surface area (Å²) in [6, 6.07) is 0. The molecule has 6 heteroatoms. The second kappa shape index (κ2) is 6.54. The fourth-order valence-corrected chi connectivity index (χ4v) is 2.93. The molecule has 1 aliphatic rings. The zero-order chi connectivity index (χ0) is 14.7. The van der Waals surface area contributed by atoms with E-state index < -0.39 is 0 Å². The molecule has 1 N–H and O–H groups in total. The number of pyridine rings is 1. The number of nitrogens with one attached hydrogen (secondary N) is 1. The average molecular weight is 343 g/mol. The summed E-state index contributed by atoms with van der Waals surface area (Å²) >= 11 is 3.20. The zero-order valence-electron chi connectivity index (χ0n) is 11.7. The lowest BCUT2D eigenvalue weighted by molar-refractivity contribution is -0.124. The number of nitrogens with zero attached hydrogens (tertiary/aromatic N) is 1. The van der Waals surface area contributed by atoms with Gasteiger partial charge in [-0.25, -0.2) is 0 Å². The van der Waals surface area contributed by atoms with Crippen molar-refractivity contribution in [2.24, 2.45) is 13.0 Å². The summed E-state index contributed by atoms with van der Waals surface area (Å²) in [7, 11) is 1.81. The summed E-state index contributed by atoms with van der Waals surface area (Å²) in [6.07, 6.45) is 5.77. The lowest BCUT2D eigenvalue weighted by atomic mass is 9.93. The van der Waals surface area contributed by atoms with Crippen LogP contribution in [0.5, 0.6) is 0 Å².